The highest BCUT2D eigenvalue weighted by atomic mass is 16.1. The number of allylic oxidation sites excluding steroid dienone is 2. The predicted molar refractivity (Wildman–Crippen MR) is 86.7 cm³/mol. The summed E-state index contributed by atoms with van der Waals surface area (Å²) in [4.78, 5) is 20.3. The molecule has 2 heterocycles. The fourth-order valence-electron chi connectivity index (χ4n) is 4.14. The Morgan fingerprint density at radius 1 is 1.38 bits per heavy atom. The van der Waals surface area contributed by atoms with Gasteiger partial charge in [-0.2, -0.15) is 10.4 Å². The molecule has 0 aliphatic heterocycles. The minimum atomic E-state index is -0.377. The number of carbonyl (C=O) groups is 1. The number of ketones is 1. The van der Waals surface area contributed by atoms with Gasteiger partial charge in [-0.05, 0) is 18.8 Å². The number of carbonyl (C=O) groups excluding carboxylic acids is 1. The van der Waals surface area contributed by atoms with Crippen LogP contribution < -0.4 is 0 Å². The molecule has 2 aliphatic rings. The van der Waals surface area contributed by atoms with Crippen LogP contribution in [0.1, 0.15) is 31.0 Å². The summed E-state index contributed by atoms with van der Waals surface area (Å²) in [6.07, 6.45) is 9.14. The van der Waals surface area contributed by atoms with E-state index in [2.05, 4.69) is 23.0 Å². The summed E-state index contributed by atoms with van der Waals surface area (Å²) < 4.78 is 1.87. The van der Waals surface area contributed by atoms with Gasteiger partial charge in [0.05, 0.1) is 17.0 Å². The number of nitrogens with zero attached hydrogens (tertiary/aromatic N) is 5. The largest absolute Gasteiger partial charge is 0.293 e. The Kier molecular flexibility index (Phi) is 3.14. The average molecular weight is 319 g/mol. The summed E-state index contributed by atoms with van der Waals surface area (Å²) in [6, 6.07) is 2.05. The van der Waals surface area contributed by atoms with E-state index in [9.17, 15) is 10.1 Å². The van der Waals surface area contributed by atoms with Crippen molar-refractivity contribution in [1.29, 1.82) is 5.26 Å². The zero-order valence-electron chi connectivity index (χ0n) is 13.7. The normalized spacial score (nSPS) is 25.5. The fraction of sp³-hybridized carbons (Fsp3) is 0.389. The number of hydrogen-bond donors (Lipinski definition) is 0. The Hall–Kier alpha value is -2.81. The molecular formula is C18H17N5O. The van der Waals surface area contributed by atoms with Crippen molar-refractivity contribution in [2.75, 3.05) is 0 Å². The third-order valence-electron chi connectivity index (χ3n) is 5.38. The van der Waals surface area contributed by atoms with Gasteiger partial charge < -0.3 is 0 Å². The zero-order valence-corrected chi connectivity index (χ0v) is 13.7. The first-order valence-electron chi connectivity index (χ1n) is 8.02. The number of aromatic nitrogens is 4. The van der Waals surface area contributed by atoms with Crippen LogP contribution in [0.15, 0.2) is 30.4 Å². The molecule has 0 fully saturated rings. The third kappa shape index (κ3) is 1.94. The van der Waals surface area contributed by atoms with E-state index in [1.54, 1.807) is 12.4 Å². The number of hydrogen-bond acceptors (Lipinski definition) is 5. The van der Waals surface area contributed by atoms with E-state index in [4.69, 9.17) is 5.10 Å². The molecule has 0 saturated carbocycles. The Bertz CT molecular complexity index is 905. The monoisotopic (exact) mass is 319 g/mol. The molecule has 2 aromatic heterocycles. The predicted octanol–water partition coefficient (Wildman–Crippen LogP) is 2.12. The Morgan fingerprint density at radius 3 is 2.83 bits per heavy atom. The maximum Gasteiger partial charge on any atom is 0.173 e. The van der Waals surface area contributed by atoms with Gasteiger partial charge in [-0.3, -0.25) is 9.48 Å². The van der Waals surface area contributed by atoms with Crippen molar-refractivity contribution < 1.29 is 4.79 Å². The van der Waals surface area contributed by atoms with Gasteiger partial charge in [-0.1, -0.05) is 13.0 Å². The molecule has 2 unspecified atom stereocenters. The molecule has 6 heteroatoms. The summed E-state index contributed by atoms with van der Waals surface area (Å²) >= 11 is 0. The van der Waals surface area contributed by atoms with Crippen LogP contribution in [0, 0.1) is 17.2 Å². The van der Waals surface area contributed by atoms with Crippen LogP contribution in [0.4, 0.5) is 0 Å². The molecular weight excluding hydrogens is 302 g/mol. The van der Waals surface area contributed by atoms with Crippen molar-refractivity contribution in [1.82, 2.24) is 19.7 Å². The van der Waals surface area contributed by atoms with Crippen LogP contribution in [0.5, 0.6) is 0 Å². The van der Waals surface area contributed by atoms with Crippen molar-refractivity contribution in [3.8, 4) is 17.3 Å². The smallest absolute Gasteiger partial charge is 0.173 e. The van der Waals surface area contributed by atoms with Crippen molar-refractivity contribution >= 4 is 5.78 Å². The van der Waals surface area contributed by atoms with Crippen LogP contribution in [0.25, 0.3) is 11.3 Å². The maximum absolute atomic E-state index is 12.1. The van der Waals surface area contributed by atoms with E-state index in [-0.39, 0.29) is 22.7 Å². The summed E-state index contributed by atoms with van der Waals surface area (Å²) in [7, 11) is 1.92. The van der Waals surface area contributed by atoms with Crippen molar-refractivity contribution in [3.63, 3.8) is 0 Å². The first-order valence-corrected chi connectivity index (χ1v) is 8.02. The van der Waals surface area contributed by atoms with E-state index in [1.165, 1.54) is 11.9 Å². The van der Waals surface area contributed by atoms with Gasteiger partial charge in [-0.25, -0.2) is 9.97 Å². The van der Waals surface area contributed by atoms with Gasteiger partial charge in [0.15, 0.2) is 5.78 Å². The molecule has 0 bridgehead atoms. The molecule has 120 valence electrons. The number of Topliss-reactive ketones (excluding diaryl/α,β-unsaturated/α-hetero) is 1. The highest BCUT2D eigenvalue weighted by molar-refractivity contribution is 6.00. The molecule has 6 nitrogen and oxygen atoms in total. The van der Waals surface area contributed by atoms with E-state index >= 15 is 0 Å². The molecule has 0 amide bonds. The van der Waals surface area contributed by atoms with Crippen molar-refractivity contribution in [2.45, 2.75) is 31.6 Å². The molecule has 0 spiro atoms. The van der Waals surface area contributed by atoms with Crippen LogP contribution in [-0.4, -0.2) is 25.5 Å². The Balaban J connectivity index is 1.93. The molecule has 0 radical (unpaired) electrons. The molecule has 2 atom stereocenters. The molecule has 24 heavy (non-hydrogen) atoms. The minimum Gasteiger partial charge on any atom is -0.293 e. The second-order valence-electron chi connectivity index (χ2n) is 6.74. The maximum atomic E-state index is 12.1. The first kappa shape index (κ1) is 14.8. The molecule has 2 aromatic rings. The average Bonchev–Trinajstić information content (AvgIpc) is 2.93. The quantitative estimate of drug-likeness (QED) is 0.804. The van der Waals surface area contributed by atoms with E-state index in [1.807, 2.05) is 17.8 Å². The topological polar surface area (TPSA) is 84.5 Å². The van der Waals surface area contributed by atoms with Crippen LogP contribution >= 0.6 is 0 Å². The second-order valence-corrected chi connectivity index (χ2v) is 6.74. The van der Waals surface area contributed by atoms with Crippen LogP contribution in [0.2, 0.25) is 0 Å². The molecule has 2 aliphatic carbocycles. The van der Waals surface area contributed by atoms with E-state index in [0.29, 0.717) is 6.42 Å². The summed E-state index contributed by atoms with van der Waals surface area (Å²) in [5.41, 5.74) is 3.99. The lowest BCUT2D eigenvalue weighted by Gasteiger charge is -2.40. The SMILES string of the molecule is Cn1nc2c(c1-c1cncnc1)CCC1CC(=O)C(C#N)=CC21C. The van der Waals surface area contributed by atoms with Crippen molar-refractivity contribution in [3.05, 3.63) is 41.6 Å². The van der Waals surface area contributed by atoms with Gasteiger partial charge >= 0.3 is 0 Å². The summed E-state index contributed by atoms with van der Waals surface area (Å²) in [5, 5.41) is 14.0. The fourth-order valence-corrected chi connectivity index (χ4v) is 4.14. The summed E-state index contributed by atoms with van der Waals surface area (Å²) in [6.45, 7) is 2.09. The van der Waals surface area contributed by atoms with Gasteiger partial charge in [0, 0.05) is 42.4 Å². The lowest BCUT2D eigenvalue weighted by atomic mass is 9.61. The second kappa shape index (κ2) is 5.10. The number of rotatable bonds is 1. The summed E-state index contributed by atoms with van der Waals surface area (Å²) in [5.74, 6) is 0.153. The Morgan fingerprint density at radius 2 is 2.12 bits per heavy atom. The number of aryl methyl sites for hydroxylation is 1. The highest BCUT2D eigenvalue weighted by Gasteiger charge is 2.46. The first-order chi connectivity index (χ1) is 11.5. The lowest BCUT2D eigenvalue weighted by Crippen LogP contribution is -2.40. The number of nitriles is 1. The van der Waals surface area contributed by atoms with Gasteiger partial charge in [0.25, 0.3) is 0 Å². The molecule has 0 saturated heterocycles. The Labute approximate surface area is 139 Å². The van der Waals surface area contributed by atoms with E-state index < -0.39 is 0 Å². The molecule has 4 rings (SSSR count). The molecule has 0 aromatic carbocycles. The van der Waals surface area contributed by atoms with Gasteiger partial charge in [0.1, 0.15) is 12.4 Å². The van der Waals surface area contributed by atoms with Gasteiger partial charge in [0.2, 0.25) is 0 Å². The highest BCUT2D eigenvalue weighted by Crippen LogP contribution is 2.48. The van der Waals surface area contributed by atoms with Crippen molar-refractivity contribution in [2.24, 2.45) is 13.0 Å². The minimum absolute atomic E-state index is 0.0453. The zero-order chi connectivity index (χ0) is 16.9. The molecule has 0 N–H and O–H groups in total. The van der Waals surface area contributed by atoms with Crippen LogP contribution in [-0.2, 0) is 23.7 Å². The van der Waals surface area contributed by atoms with Gasteiger partial charge in [-0.15, -0.1) is 0 Å². The third-order valence-corrected chi connectivity index (χ3v) is 5.38. The number of fused-ring (bicyclic) bond motifs is 3. The van der Waals surface area contributed by atoms with Crippen LogP contribution in [0.3, 0.4) is 0 Å². The standard InChI is InChI=1S/C18H17N5O/c1-18-6-11(7-19)15(24)5-13(18)3-4-14-16(23(2)22-17(14)18)12-8-20-10-21-9-12/h6,8-10,13H,3-5H2,1-2H3. The lowest BCUT2D eigenvalue weighted by molar-refractivity contribution is -0.117. The van der Waals surface area contributed by atoms with E-state index in [0.717, 1.165) is 29.8 Å².